The van der Waals surface area contributed by atoms with Gasteiger partial charge < -0.3 is 5.32 Å². The summed E-state index contributed by atoms with van der Waals surface area (Å²) in [6.45, 7) is 0. The first-order valence-corrected chi connectivity index (χ1v) is 9.85. The summed E-state index contributed by atoms with van der Waals surface area (Å²) in [5, 5.41) is 4.22. The van der Waals surface area contributed by atoms with Crippen molar-refractivity contribution in [2.45, 2.75) is 10.9 Å². The molecule has 2 nitrogen and oxygen atoms in total. The van der Waals surface area contributed by atoms with E-state index in [0.29, 0.717) is 10.0 Å². The van der Waals surface area contributed by atoms with Crippen molar-refractivity contribution in [2.24, 2.45) is 0 Å². The molecule has 0 aliphatic carbocycles. The highest BCUT2D eigenvalue weighted by molar-refractivity contribution is 8.00. The van der Waals surface area contributed by atoms with E-state index in [1.807, 2.05) is 60.7 Å². The van der Waals surface area contributed by atoms with Gasteiger partial charge in [-0.1, -0.05) is 89.9 Å². The molecule has 0 fully saturated rings. The zero-order valence-electron chi connectivity index (χ0n) is 13.9. The Hall–Kier alpha value is -1.94. The average Bonchev–Trinajstić information content (AvgIpc) is 2.67. The Morgan fingerprint density at radius 1 is 0.808 bits per heavy atom. The van der Waals surface area contributed by atoms with Crippen LogP contribution in [0.3, 0.4) is 0 Å². The second kappa shape index (κ2) is 9.13. The summed E-state index contributed by atoms with van der Waals surface area (Å²) < 4.78 is 0. The van der Waals surface area contributed by atoms with Crippen LogP contribution in [-0.4, -0.2) is 11.7 Å². The average molecular weight is 402 g/mol. The number of carbonyl (C=O) groups is 1. The standard InChI is InChI=1S/C21H17Cl2NOS/c22-17-12-7-13-18(23)21(17)26-14-19(25)24-20(15-8-3-1-4-9-15)16-10-5-2-6-11-16/h1-13,20H,14H2,(H,24,25). The van der Waals surface area contributed by atoms with Crippen molar-refractivity contribution in [3.8, 4) is 0 Å². The molecule has 1 N–H and O–H groups in total. The molecule has 0 aliphatic rings. The smallest absolute Gasteiger partial charge is 0.231 e. The molecule has 26 heavy (non-hydrogen) atoms. The molecule has 0 aliphatic heterocycles. The predicted molar refractivity (Wildman–Crippen MR) is 110 cm³/mol. The van der Waals surface area contributed by atoms with Gasteiger partial charge in [0.25, 0.3) is 0 Å². The van der Waals surface area contributed by atoms with Crippen LogP contribution in [0.1, 0.15) is 17.2 Å². The number of thioether (sulfide) groups is 1. The van der Waals surface area contributed by atoms with E-state index >= 15 is 0 Å². The Morgan fingerprint density at radius 3 is 1.81 bits per heavy atom. The van der Waals surface area contributed by atoms with E-state index in [2.05, 4.69) is 5.32 Å². The second-order valence-corrected chi connectivity index (χ2v) is 7.46. The van der Waals surface area contributed by atoms with Crippen LogP contribution < -0.4 is 5.32 Å². The van der Waals surface area contributed by atoms with Gasteiger partial charge in [-0.25, -0.2) is 0 Å². The Morgan fingerprint density at radius 2 is 1.31 bits per heavy atom. The van der Waals surface area contributed by atoms with E-state index in [1.165, 1.54) is 11.8 Å². The third kappa shape index (κ3) is 4.82. The van der Waals surface area contributed by atoms with Gasteiger partial charge in [-0.05, 0) is 23.3 Å². The van der Waals surface area contributed by atoms with Crippen molar-refractivity contribution < 1.29 is 4.79 Å². The molecule has 3 aromatic carbocycles. The highest BCUT2D eigenvalue weighted by Crippen LogP contribution is 2.33. The zero-order valence-corrected chi connectivity index (χ0v) is 16.2. The highest BCUT2D eigenvalue weighted by atomic mass is 35.5. The molecule has 5 heteroatoms. The van der Waals surface area contributed by atoms with Crippen molar-refractivity contribution in [3.05, 3.63) is 100 Å². The summed E-state index contributed by atoms with van der Waals surface area (Å²) in [5.41, 5.74) is 2.07. The van der Waals surface area contributed by atoms with Gasteiger partial charge in [0.2, 0.25) is 5.91 Å². The molecule has 0 saturated heterocycles. The molecule has 0 aromatic heterocycles. The summed E-state index contributed by atoms with van der Waals surface area (Å²) in [7, 11) is 0. The topological polar surface area (TPSA) is 29.1 Å². The number of hydrogen-bond acceptors (Lipinski definition) is 2. The molecule has 0 heterocycles. The third-order valence-electron chi connectivity index (χ3n) is 3.84. The molecular weight excluding hydrogens is 385 g/mol. The fraction of sp³-hybridized carbons (Fsp3) is 0.0952. The lowest BCUT2D eigenvalue weighted by Gasteiger charge is -2.20. The minimum absolute atomic E-state index is 0.0799. The summed E-state index contributed by atoms with van der Waals surface area (Å²) in [6, 6.07) is 25.0. The summed E-state index contributed by atoms with van der Waals surface area (Å²) in [5.74, 6) is 0.156. The number of nitrogens with one attached hydrogen (secondary N) is 1. The van der Waals surface area contributed by atoms with Crippen LogP contribution in [0.2, 0.25) is 10.0 Å². The van der Waals surface area contributed by atoms with Crippen LogP contribution in [0.5, 0.6) is 0 Å². The summed E-state index contributed by atoms with van der Waals surface area (Å²) in [4.78, 5) is 13.3. The zero-order chi connectivity index (χ0) is 18.4. The molecule has 0 saturated carbocycles. The Labute approximate surface area is 167 Å². The molecule has 3 rings (SSSR count). The van der Waals surface area contributed by atoms with E-state index in [0.717, 1.165) is 16.0 Å². The molecule has 0 spiro atoms. The molecule has 0 unspecified atom stereocenters. The van der Waals surface area contributed by atoms with Crippen LogP contribution in [-0.2, 0) is 4.79 Å². The lowest BCUT2D eigenvalue weighted by atomic mass is 9.99. The van der Waals surface area contributed by atoms with Crippen molar-refractivity contribution >= 4 is 40.9 Å². The first-order valence-electron chi connectivity index (χ1n) is 8.11. The van der Waals surface area contributed by atoms with Gasteiger partial charge in [-0.2, -0.15) is 0 Å². The monoisotopic (exact) mass is 401 g/mol. The first-order chi connectivity index (χ1) is 12.6. The van der Waals surface area contributed by atoms with E-state index in [9.17, 15) is 4.79 Å². The number of amides is 1. The Bertz CT molecular complexity index is 812. The molecule has 0 bridgehead atoms. The number of hydrogen-bond donors (Lipinski definition) is 1. The Balaban J connectivity index is 1.74. The maximum absolute atomic E-state index is 12.6. The van der Waals surface area contributed by atoms with Gasteiger partial charge in [0.1, 0.15) is 0 Å². The normalized spacial score (nSPS) is 10.7. The molecular formula is C21H17Cl2NOS. The summed E-state index contributed by atoms with van der Waals surface area (Å²) in [6.07, 6.45) is 0. The van der Waals surface area contributed by atoms with Crippen LogP contribution >= 0.6 is 35.0 Å². The first kappa shape index (κ1) is 18.8. The van der Waals surface area contributed by atoms with Gasteiger partial charge in [0.15, 0.2) is 0 Å². The van der Waals surface area contributed by atoms with Crippen LogP contribution in [0.25, 0.3) is 0 Å². The van der Waals surface area contributed by atoms with Crippen LogP contribution in [0, 0.1) is 0 Å². The largest absolute Gasteiger partial charge is 0.344 e. The van der Waals surface area contributed by atoms with Gasteiger partial charge in [0, 0.05) is 4.90 Å². The second-order valence-electron chi connectivity index (χ2n) is 5.66. The van der Waals surface area contributed by atoms with E-state index in [1.54, 1.807) is 18.2 Å². The number of carbonyl (C=O) groups excluding carboxylic acids is 1. The molecule has 1 amide bonds. The van der Waals surface area contributed by atoms with Crippen molar-refractivity contribution in [1.29, 1.82) is 0 Å². The van der Waals surface area contributed by atoms with E-state index in [4.69, 9.17) is 23.2 Å². The molecule has 132 valence electrons. The van der Waals surface area contributed by atoms with Crippen molar-refractivity contribution in [2.75, 3.05) is 5.75 Å². The van der Waals surface area contributed by atoms with E-state index in [-0.39, 0.29) is 17.7 Å². The quantitative estimate of drug-likeness (QED) is 0.513. The Kier molecular flexibility index (Phi) is 6.62. The SMILES string of the molecule is O=C(CSc1c(Cl)cccc1Cl)NC(c1ccccc1)c1ccccc1. The lowest BCUT2D eigenvalue weighted by Crippen LogP contribution is -2.30. The maximum atomic E-state index is 12.6. The third-order valence-corrected chi connectivity index (χ3v) is 5.83. The minimum Gasteiger partial charge on any atom is -0.344 e. The molecule has 0 atom stereocenters. The predicted octanol–water partition coefficient (Wildman–Crippen LogP) is 5.99. The number of halogens is 2. The number of benzene rings is 3. The van der Waals surface area contributed by atoms with Crippen molar-refractivity contribution in [3.63, 3.8) is 0 Å². The maximum Gasteiger partial charge on any atom is 0.231 e. The van der Waals surface area contributed by atoms with Crippen molar-refractivity contribution in [1.82, 2.24) is 5.32 Å². The van der Waals surface area contributed by atoms with Crippen LogP contribution in [0.4, 0.5) is 0 Å². The fourth-order valence-corrected chi connectivity index (χ4v) is 4.11. The van der Waals surface area contributed by atoms with Crippen LogP contribution in [0.15, 0.2) is 83.8 Å². The highest BCUT2D eigenvalue weighted by Gasteiger charge is 2.17. The van der Waals surface area contributed by atoms with Gasteiger partial charge in [-0.15, -0.1) is 11.8 Å². The molecule has 3 aromatic rings. The lowest BCUT2D eigenvalue weighted by molar-refractivity contribution is -0.119. The minimum atomic E-state index is -0.202. The number of rotatable bonds is 6. The van der Waals surface area contributed by atoms with Gasteiger partial charge >= 0.3 is 0 Å². The molecule has 0 radical (unpaired) electrons. The van der Waals surface area contributed by atoms with Gasteiger partial charge in [-0.3, -0.25) is 4.79 Å². The van der Waals surface area contributed by atoms with E-state index < -0.39 is 0 Å². The fourth-order valence-electron chi connectivity index (χ4n) is 2.61. The summed E-state index contributed by atoms with van der Waals surface area (Å²) >= 11 is 13.7. The van der Waals surface area contributed by atoms with Gasteiger partial charge in [0.05, 0.1) is 21.8 Å².